The third kappa shape index (κ3) is 3.28. The number of nitrogens with one attached hydrogen (secondary N) is 1. The van der Waals surface area contributed by atoms with Gasteiger partial charge in [-0.05, 0) is 24.5 Å². The molecule has 1 aromatic rings. The van der Waals surface area contributed by atoms with Gasteiger partial charge in [0.25, 0.3) is 0 Å². The fourth-order valence-electron chi connectivity index (χ4n) is 2.45. The summed E-state index contributed by atoms with van der Waals surface area (Å²) in [5, 5.41) is 2.31. The molecule has 2 nitrogen and oxygen atoms in total. The molecule has 1 fully saturated rings. The van der Waals surface area contributed by atoms with Gasteiger partial charge in [-0.15, -0.1) is 0 Å². The highest BCUT2D eigenvalue weighted by atomic mass is 19.1. The van der Waals surface area contributed by atoms with Crippen molar-refractivity contribution in [3.8, 4) is 0 Å². The van der Waals surface area contributed by atoms with Crippen LogP contribution in [0.5, 0.6) is 0 Å². The van der Waals surface area contributed by atoms with E-state index < -0.39 is 11.6 Å². The van der Waals surface area contributed by atoms with Crippen LogP contribution in [0.2, 0.25) is 0 Å². The topological polar surface area (TPSA) is 29.1 Å². The average molecular weight is 253 g/mol. The lowest BCUT2D eigenvalue weighted by Crippen LogP contribution is -2.14. The summed E-state index contributed by atoms with van der Waals surface area (Å²) in [6, 6.07) is 3.55. The van der Waals surface area contributed by atoms with Gasteiger partial charge in [-0.2, -0.15) is 0 Å². The van der Waals surface area contributed by atoms with Crippen LogP contribution in [0, 0.1) is 17.6 Å². The number of benzene rings is 1. The molecule has 0 spiro atoms. The monoisotopic (exact) mass is 253 g/mol. The number of rotatable bonds is 4. The predicted octanol–water partition coefficient (Wildman–Crippen LogP) is 3.87. The van der Waals surface area contributed by atoms with Gasteiger partial charge in [0.2, 0.25) is 5.91 Å². The number of carbonyl (C=O) groups is 1. The van der Waals surface area contributed by atoms with Gasteiger partial charge >= 0.3 is 0 Å². The molecule has 98 valence electrons. The Hall–Kier alpha value is -1.45. The third-order valence-electron chi connectivity index (χ3n) is 3.48. The van der Waals surface area contributed by atoms with Crippen molar-refractivity contribution in [3.63, 3.8) is 0 Å². The van der Waals surface area contributed by atoms with Crippen LogP contribution in [0.15, 0.2) is 18.2 Å². The van der Waals surface area contributed by atoms with E-state index in [4.69, 9.17) is 0 Å². The van der Waals surface area contributed by atoms with Crippen LogP contribution in [0.4, 0.5) is 14.5 Å². The Bertz CT molecular complexity index is 408. The van der Waals surface area contributed by atoms with Gasteiger partial charge in [-0.25, -0.2) is 8.78 Å². The van der Waals surface area contributed by atoms with Gasteiger partial charge in [0.1, 0.15) is 17.3 Å². The van der Waals surface area contributed by atoms with Crippen LogP contribution in [-0.2, 0) is 4.79 Å². The summed E-state index contributed by atoms with van der Waals surface area (Å²) in [5.41, 5.74) is -0.339. The first-order valence-electron chi connectivity index (χ1n) is 6.40. The molecule has 0 heterocycles. The van der Waals surface area contributed by atoms with Gasteiger partial charge in [-0.3, -0.25) is 4.79 Å². The molecular formula is C14H17F2NO. The number of hydrogen-bond acceptors (Lipinski definition) is 1. The zero-order valence-electron chi connectivity index (χ0n) is 10.2. The third-order valence-corrected chi connectivity index (χ3v) is 3.48. The number of hydrogen-bond donors (Lipinski definition) is 1. The average Bonchev–Trinajstić information content (AvgIpc) is 2.84. The van der Waals surface area contributed by atoms with E-state index in [-0.39, 0.29) is 11.6 Å². The van der Waals surface area contributed by atoms with Crippen LogP contribution < -0.4 is 5.32 Å². The molecule has 0 unspecified atom stereocenters. The minimum Gasteiger partial charge on any atom is -0.321 e. The van der Waals surface area contributed by atoms with Crippen molar-refractivity contribution in [2.45, 2.75) is 38.5 Å². The van der Waals surface area contributed by atoms with Crippen molar-refractivity contribution < 1.29 is 13.6 Å². The Morgan fingerprint density at radius 1 is 1.22 bits per heavy atom. The molecule has 1 N–H and O–H groups in total. The van der Waals surface area contributed by atoms with Crippen LogP contribution in [0.1, 0.15) is 38.5 Å². The van der Waals surface area contributed by atoms with Crippen molar-refractivity contribution in [2.75, 3.05) is 5.32 Å². The van der Waals surface area contributed by atoms with Crippen molar-refractivity contribution in [1.29, 1.82) is 0 Å². The van der Waals surface area contributed by atoms with Crippen molar-refractivity contribution in [2.24, 2.45) is 5.92 Å². The lowest BCUT2D eigenvalue weighted by atomic mass is 10.0. The van der Waals surface area contributed by atoms with E-state index >= 15 is 0 Å². The van der Waals surface area contributed by atoms with E-state index in [1.807, 2.05) is 0 Å². The van der Waals surface area contributed by atoms with E-state index in [0.717, 1.165) is 18.6 Å². The number of amides is 1. The molecule has 1 saturated carbocycles. The molecule has 1 aromatic carbocycles. The molecule has 0 saturated heterocycles. The predicted molar refractivity (Wildman–Crippen MR) is 66.2 cm³/mol. The lowest BCUT2D eigenvalue weighted by molar-refractivity contribution is -0.116. The second kappa shape index (κ2) is 5.94. The number of halogens is 2. The molecule has 0 aromatic heterocycles. The van der Waals surface area contributed by atoms with Gasteiger partial charge in [-0.1, -0.05) is 31.7 Å². The van der Waals surface area contributed by atoms with E-state index in [1.165, 1.54) is 31.7 Å². The zero-order chi connectivity index (χ0) is 13.0. The van der Waals surface area contributed by atoms with E-state index in [2.05, 4.69) is 5.32 Å². The first-order chi connectivity index (χ1) is 8.66. The number of carbonyl (C=O) groups excluding carboxylic acids is 1. The highest BCUT2D eigenvalue weighted by Crippen LogP contribution is 2.28. The first kappa shape index (κ1) is 13.0. The Morgan fingerprint density at radius 3 is 2.44 bits per heavy atom. The summed E-state index contributed by atoms with van der Waals surface area (Å²) < 4.78 is 26.6. The molecule has 1 amide bonds. The SMILES string of the molecule is O=C(CCC1CCCC1)Nc1c(F)cccc1F. The van der Waals surface area contributed by atoms with Crippen LogP contribution in [0.3, 0.4) is 0 Å². The minimum atomic E-state index is -0.732. The maximum absolute atomic E-state index is 13.3. The summed E-state index contributed by atoms with van der Waals surface area (Å²) in [4.78, 5) is 11.6. The van der Waals surface area contributed by atoms with Crippen LogP contribution in [-0.4, -0.2) is 5.91 Å². The van der Waals surface area contributed by atoms with Crippen molar-refractivity contribution in [1.82, 2.24) is 0 Å². The highest BCUT2D eigenvalue weighted by Gasteiger charge is 2.17. The fourth-order valence-corrected chi connectivity index (χ4v) is 2.45. The van der Waals surface area contributed by atoms with Crippen LogP contribution >= 0.6 is 0 Å². The summed E-state index contributed by atoms with van der Waals surface area (Å²) in [7, 11) is 0. The molecular weight excluding hydrogens is 236 g/mol. The highest BCUT2D eigenvalue weighted by molar-refractivity contribution is 5.90. The van der Waals surface area contributed by atoms with Gasteiger partial charge in [0, 0.05) is 6.42 Å². The molecule has 4 heteroatoms. The molecule has 2 rings (SSSR count). The smallest absolute Gasteiger partial charge is 0.224 e. The quantitative estimate of drug-likeness (QED) is 0.867. The van der Waals surface area contributed by atoms with Crippen molar-refractivity contribution in [3.05, 3.63) is 29.8 Å². The van der Waals surface area contributed by atoms with Gasteiger partial charge in [0.15, 0.2) is 0 Å². The standard InChI is InChI=1S/C14H17F2NO/c15-11-6-3-7-12(16)14(11)17-13(18)9-8-10-4-1-2-5-10/h3,6-7,10H,1-2,4-5,8-9H2,(H,17,18). The maximum atomic E-state index is 13.3. The number of para-hydroxylation sites is 1. The second-order valence-corrected chi connectivity index (χ2v) is 4.83. The molecule has 0 radical (unpaired) electrons. The summed E-state index contributed by atoms with van der Waals surface area (Å²) in [6.07, 6.45) is 5.94. The van der Waals surface area contributed by atoms with Crippen LogP contribution in [0.25, 0.3) is 0 Å². The van der Waals surface area contributed by atoms with E-state index in [1.54, 1.807) is 0 Å². The zero-order valence-corrected chi connectivity index (χ0v) is 10.2. The molecule has 0 atom stereocenters. The Labute approximate surface area is 105 Å². The largest absolute Gasteiger partial charge is 0.321 e. The minimum absolute atomic E-state index is 0.314. The second-order valence-electron chi connectivity index (χ2n) is 4.83. The molecule has 1 aliphatic rings. The molecule has 18 heavy (non-hydrogen) atoms. The summed E-state index contributed by atoms with van der Waals surface area (Å²) >= 11 is 0. The first-order valence-corrected chi connectivity index (χ1v) is 6.40. The molecule has 1 aliphatic carbocycles. The summed E-state index contributed by atoms with van der Waals surface area (Å²) in [5.74, 6) is -1.18. The van der Waals surface area contributed by atoms with Gasteiger partial charge in [0.05, 0.1) is 0 Å². The van der Waals surface area contributed by atoms with Gasteiger partial charge < -0.3 is 5.32 Å². The Balaban J connectivity index is 1.86. The normalized spacial score (nSPS) is 15.9. The number of anilines is 1. The fraction of sp³-hybridized carbons (Fsp3) is 0.500. The summed E-state index contributed by atoms with van der Waals surface area (Å²) in [6.45, 7) is 0. The maximum Gasteiger partial charge on any atom is 0.224 e. The molecule has 0 aliphatic heterocycles. The van der Waals surface area contributed by atoms with E-state index in [9.17, 15) is 13.6 Å². The lowest BCUT2D eigenvalue weighted by Gasteiger charge is -2.10. The Kier molecular flexibility index (Phi) is 4.28. The molecule has 0 bridgehead atoms. The Morgan fingerprint density at radius 2 is 1.83 bits per heavy atom. The van der Waals surface area contributed by atoms with Crippen molar-refractivity contribution >= 4 is 11.6 Å². The van der Waals surface area contributed by atoms with E-state index in [0.29, 0.717) is 12.3 Å².